The molecule has 0 bridgehead atoms. The molecule has 0 radical (unpaired) electrons. The standard InChI is InChI=1S/C11H19NO2/c1-7(2)10-6-11(9(5)13)14-12(10)8(3)4/h6-8,10H,1-5H3. The molecule has 14 heavy (non-hydrogen) atoms. The van der Waals surface area contributed by atoms with Crippen molar-refractivity contribution in [3.8, 4) is 0 Å². The summed E-state index contributed by atoms with van der Waals surface area (Å²) in [6.07, 6.45) is 1.92. The zero-order valence-electron chi connectivity index (χ0n) is 9.57. The highest BCUT2D eigenvalue weighted by Crippen LogP contribution is 2.26. The Kier molecular flexibility index (Phi) is 3.32. The van der Waals surface area contributed by atoms with Gasteiger partial charge in [-0.05, 0) is 25.8 Å². The zero-order chi connectivity index (χ0) is 10.9. The average molecular weight is 197 g/mol. The minimum atomic E-state index is -0.00111. The van der Waals surface area contributed by atoms with Crippen molar-refractivity contribution in [2.45, 2.75) is 46.7 Å². The van der Waals surface area contributed by atoms with Gasteiger partial charge < -0.3 is 4.84 Å². The molecule has 0 amide bonds. The van der Waals surface area contributed by atoms with Crippen LogP contribution in [0.1, 0.15) is 34.6 Å². The second-order valence-corrected chi connectivity index (χ2v) is 4.37. The molecule has 0 aromatic carbocycles. The normalized spacial score (nSPS) is 22.8. The molecule has 0 saturated carbocycles. The molecule has 80 valence electrons. The van der Waals surface area contributed by atoms with Gasteiger partial charge in [-0.15, -0.1) is 5.06 Å². The number of carbonyl (C=O) groups excluding carboxylic acids is 1. The Hall–Kier alpha value is -0.830. The summed E-state index contributed by atoms with van der Waals surface area (Å²) in [5.41, 5.74) is 0. The minimum absolute atomic E-state index is 0.00111. The molecule has 0 fully saturated rings. The van der Waals surface area contributed by atoms with Gasteiger partial charge in [0.1, 0.15) is 0 Å². The fourth-order valence-corrected chi connectivity index (χ4v) is 1.55. The van der Waals surface area contributed by atoms with Gasteiger partial charge in [0.15, 0.2) is 11.5 Å². The summed E-state index contributed by atoms with van der Waals surface area (Å²) in [6, 6.07) is 0.504. The van der Waals surface area contributed by atoms with E-state index in [9.17, 15) is 4.79 Å². The maximum atomic E-state index is 11.2. The summed E-state index contributed by atoms with van der Waals surface area (Å²) >= 11 is 0. The lowest BCUT2D eigenvalue weighted by molar-refractivity contribution is -0.157. The molecule has 0 aromatic rings. The molecule has 1 atom stereocenters. The second-order valence-electron chi connectivity index (χ2n) is 4.37. The summed E-state index contributed by atoms with van der Waals surface area (Å²) in [5, 5.41) is 1.89. The molecule has 1 aliphatic rings. The number of hydrogen-bond donors (Lipinski definition) is 0. The molecular weight excluding hydrogens is 178 g/mol. The van der Waals surface area contributed by atoms with Crippen LogP contribution in [-0.4, -0.2) is 22.9 Å². The predicted octanol–water partition coefficient (Wildman–Crippen LogP) is 2.14. The predicted molar refractivity (Wildman–Crippen MR) is 55.5 cm³/mol. The number of hydrogen-bond acceptors (Lipinski definition) is 3. The van der Waals surface area contributed by atoms with Crippen LogP contribution >= 0.6 is 0 Å². The largest absolute Gasteiger partial charge is 0.402 e. The Morgan fingerprint density at radius 2 is 2.00 bits per heavy atom. The fourth-order valence-electron chi connectivity index (χ4n) is 1.55. The van der Waals surface area contributed by atoms with E-state index in [1.54, 1.807) is 0 Å². The molecule has 1 unspecified atom stereocenters. The van der Waals surface area contributed by atoms with Crippen LogP contribution in [-0.2, 0) is 9.63 Å². The lowest BCUT2D eigenvalue weighted by Gasteiger charge is -2.28. The highest BCUT2D eigenvalue weighted by Gasteiger charge is 2.32. The third kappa shape index (κ3) is 2.15. The van der Waals surface area contributed by atoms with Gasteiger partial charge in [-0.3, -0.25) is 4.79 Å². The maximum absolute atomic E-state index is 11.2. The van der Waals surface area contributed by atoms with Crippen molar-refractivity contribution >= 4 is 5.78 Å². The highest BCUT2D eigenvalue weighted by atomic mass is 16.7. The number of allylic oxidation sites excluding steroid dienone is 1. The van der Waals surface area contributed by atoms with Gasteiger partial charge in [-0.2, -0.15) is 0 Å². The molecule has 0 aromatic heterocycles. The van der Waals surface area contributed by atoms with Crippen molar-refractivity contribution in [1.82, 2.24) is 5.06 Å². The van der Waals surface area contributed by atoms with Crippen LogP contribution in [0.5, 0.6) is 0 Å². The van der Waals surface area contributed by atoms with Crippen molar-refractivity contribution in [1.29, 1.82) is 0 Å². The van der Waals surface area contributed by atoms with Gasteiger partial charge in [-0.25, -0.2) is 0 Å². The lowest BCUT2D eigenvalue weighted by Crippen LogP contribution is -2.38. The van der Waals surface area contributed by atoms with E-state index in [0.29, 0.717) is 11.7 Å². The van der Waals surface area contributed by atoms with Crippen molar-refractivity contribution in [2.75, 3.05) is 0 Å². The number of ketones is 1. The molecule has 1 heterocycles. The van der Waals surface area contributed by atoms with Crippen LogP contribution in [0.4, 0.5) is 0 Å². The summed E-state index contributed by atoms with van der Waals surface area (Å²) < 4.78 is 0. The van der Waals surface area contributed by atoms with E-state index in [-0.39, 0.29) is 17.9 Å². The lowest BCUT2D eigenvalue weighted by atomic mass is 10.0. The summed E-state index contributed by atoms with van der Waals surface area (Å²) in [6.45, 7) is 9.91. The van der Waals surface area contributed by atoms with Gasteiger partial charge in [0, 0.05) is 13.0 Å². The Morgan fingerprint density at radius 1 is 1.43 bits per heavy atom. The molecule has 0 spiro atoms. The molecule has 3 nitrogen and oxygen atoms in total. The van der Waals surface area contributed by atoms with Gasteiger partial charge >= 0.3 is 0 Å². The number of carbonyl (C=O) groups is 1. The summed E-state index contributed by atoms with van der Waals surface area (Å²) in [7, 11) is 0. The molecular formula is C11H19NO2. The first-order valence-corrected chi connectivity index (χ1v) is 5.12. The Labute approximate surface area is 85.7 Å². The average Bonchev–Trinajstić information content (AvgIpc) is 2.47. The third-order valence-corrected chi connectivity index (χ3v) is 2.36. The molecule has 3 heteroatoms. The molecule has 0 saturated heterocycles. The number of hydroxylamine groups is 2. The summed E-state index contributed by atoms with van der Waals surface area (Å²) in [4.78, 5) is 16.7. The Balaban J connectivity index is 2.82. The van der Waals surface area contributed by atoms with Crippen LogP contribution < -0.4 is 0 Å². The van der Waals surface area contributed by atoms with Crippen LogP contribution in [0.15, 0.2) is 11.8 Å². The van der Waals surface area contributed by atoms with Crippen molar-refractivity contribution in [3.63, 3.8) is 0 Å². The fraction of sp³-hybridized carbons (Fsp3) is 0.727. The second kappa shape index (κ2) is 4.13. The first-order chi connectivity index (χ1) is 6.43. The monoisotopic (exact) mass is 197 g/mol. The van der Waals surface area contributed by atoms with E-state index in [2.05, 4.69) is 27.7 Å². The van der Waals surface area contributed by atoms with E-state index in [4.69, 9.17) is 4.84 Å². The SMILES string of the molecule is CC(=O)C1=CC(C(C)C)N(C(C)C)O1. The molecule has 0 N–H and O–H groups in total. The van der Waals surface area contributed by atoms with Gasteiger partial charge in [0.05, 0.1) is 6.04 Å². The first-order valence-electron chi connectivity index (χ1n) is 5.12. The van der Waals surface area contributed by atoms with Crippen molar-refractivity contribution < 1.29 is 9.63 Å². The Morgan fingerprint density at radius 3 is 2.29 bits per heavy atom. The van der Waals surface area contributed by atoms with E-state index >= 15 is 0 Å². The van der Waals surface area contributed by atoms with Crippen molar-refractivity contribution in [3.05, 3.63) is 11.8 Å². The zero-order valence-corrected chi connectivity index (χ0v) is 9.57. The van der Waals surface area contributed by atoms with E-state index in [0.717, 1.165) is 0 Å². The van der Waals surface area contributed by atoms with Gasteiger partial charge in [0.2, 0.25) is 0 Å². The topological polar surface area (TPSA) is 29.5 Å². The molecule has 0 aliphatic carbocycles. The minimum Gasteiger partial charge on any atom is -0.402 e. The Bertz CT molecular complexity index is 256. The first kappa shape index (κ1) is 11.2. The van der Waals surface area contributed by atoms with Crippen LogP contribution in [0, 0.1) is 5.92 Å². The van der Waals surface area contributed by atoms with Gasteiger partial charge in [-0.1, -0.05) is 13.8 Å². The number of nitrogens with zero attached hydrogens (tertiary/aromatic N) is 1. The van der Waals surface area contributed by atoms with Crippen molar-refractivity contribution in [2.24, 2.45) is 5.92 Å². The highest BCUT2D eigenvalue weighted by molar-refractivity contribution is 5.91. The quantitative estimate of drug-likeness (QED) is 0.694. The van der Waals surface area contributed by atoms with E-state index in [1.807, 2.05) is 11.1 Å². The van der Waals surface area contributed by atoms with E-state index < -0.39 is 0 Å². The van der Waals surface area contributed by atoms with Crippen LogP contribution in [0.25, 0.3) is 0 Å². The molecule has 1 rings (SSSR count). The summed E-state index contributed by atoms with van der Waals surface area (Å²) in [5.74, 6) is 0.936. The van der Waals surface area contributed by atoms with Gasteiger partial charge in [0.25, 0.3) is 0 Å². The maximum Gasteiger partial charge on any atom is 0.196 e. The molecule has 1 aliphatic heterocycles. The third-order valence-electron chi connectivity index (χ3n) is 2.36. The number of rotatable bonds is 3. The van der Waals surface area contributed by atoms with Crippen LogP contribution in [0.3, 0.4) is 0 Å². The van der Waals surface area contributed by atoms with Crippen LogP contribution in [0.2, 0.25) is 0 Å². The number of Topliss-reactive ketones (excluding diaryl/α,β-unsaturated/α-hetero) is 1. The van der Waals surface area contributed by atoms with E-state index in [1.165, 1.54) is 6.92 Å². The smallest absolute Gasteiger partial charge is 0.196 e.